The summed E-state index contributed by atoms with van der Waals surface area (Å²) in [6.45, 7) is 8.02. The minimum atomic E-state index is 0.913. The van der Waals surface area contributed by atoms with Crippen LogP contribution in [0, 0.1) is 5.92 Å². The molecule has 4 heteroatoms. The van der Waals surface area contributed by atoms with Crippen molar-refractivity contribution in [2.24, 2.45) is 5.92 Å². The van der Waals surface area contributed by atoms with Gasteiger partial charge in [-0.3, -0.25) is 0 Å². The highest BCUT2D eigenvalue weighted by molar-refractivity contribution is 5.79. The van der Waals surface area contributed by atoms with E-state index in [1.54, 1.807) is 0 Å². The quantitative estimate of drug-likeness (QED) is 0.821. The molecule has 0 spiro atoms. The van der Waals surface area contributed by atoms with Crippen molar-refractivity contribution in [3.63, 3.8) is 0 Å². The zero-order valence-electron chi connectivity index (χ0n) is 12.2. The van der Waals surface area contributed by atoms with E-state index in [4.69, 9.17) is 0 Å². The molecular formula is C16H24N4. The number of rotatable bonds is 5. The minimum absolute atomic E-state index is 0.913. The van der Waals surface area contributed by atoms with E-state index in [0.717, 1.165) is 31.2 Å². The first-order valence-electron chi connectivity index (χ1n) is 7.67. The van der Waals surface area contributed by atoms with Gasteiger partial charge in [-0.15, -0.1) is 0 Å². The number of aromatic amines is 1. The van der Waals surface area contributed by atoms with Gasteiger partial charge in [0.05, 0.1) is 0 Å². The van der Waals surface area contributed by atoms with Crippen LogP contribution in [0.1, 0.15) is 25.3 Å². The summed E-state index contributed by atoms with van der Waals surface area (Å²) in [7, 11) is 0. The maximum absolute atomic E-state index is 4.32. The summed E-state index contributed by atoms with van der Waals surface area (Å²) >= 11 is 0. The van der Waals surface area contributed by atoms with E-state index in [2.05, 4.69) is 39.4 Å². The lowest BCUT2D eigenvalue weighted by molar-refractivity contribution is 0.193. The molecule has 0 unspecified atom stereocenters. The molecule has 0 atom stereocenters. The monoisotopic (exact) mass is 272 g/mol. The summed E-state index contributed by atoms with van der Waals surface area (Å²) in [5.41, 5.74) is 2.29. The Bertz CT molecular complexity index is 540. The molecule has 2 N–H and O–H groups in total. The Morgan fingerprint density at radius 2 is 2.25 bits per heavy atom. The maximum atomic E-state index is 4.32. The molecule has 0 aromatic carbocycles. The van der Waals surface area contributed by atoms with E-state index in [0.29, 0.717) is 0 Å². The average Bonchev–Trinajstić information content (AvgIpc) is 2.89. The Labute approximate surface area is 120 Å². The SMILES string of the molecule is CC1CCN(CCNCc2c[nH]c3ncccc23)CC1. The fourth-order valence-electron chi connectivity index (χ4n) is 2.90. The first-order valence-corrected chi connectivity index (χ1v) is 7.67. The predicted molar refractivity (Wildman–Crippen MR) is 82.6 cm³/mol. The van der Waals surface area contributed by atoms with Crippen LogP contribution in [0.4, 0.5) is 0 Å². The molecule has 1 saturated heterocycles. The number of aromatic nitrogens is 2. The highest BCUT2D eigenvalue weighted by Crippen LogP contribution is 2.16. The van der Waals surface area contributed by atoms with Gasteiger partial charge in [-0.1, -0.05) is 6.92 Å². The molecule has 108 valence electrons. The van der Waals surface area contributed by atoms with Gasteiger partial charge in [0.1, 0.15) is 5.65 Å². The van der Waals surface area contributed by atoms with E-state index >= 15 is 0 Å². The van der Waals surface area contributed by atoms with E-state index < -0.39 is 0 Å². The molecule has 0 saturated carbocycles. The highest BCUT2D eigenvalue weighted by atomic mass is 15.1. The third kappa shape index (κ3) is 3.19. The van der Waals surface area contributed by atoms with Crippen LogP contribution < -0.4 is 5.32 Å². The number of hydrogen-bond donors (Lipinski definition) is 2. The van der Waals surface area contributed by atoms with E-state index in [-0.39, 0.29) is 0 Å². The Morgan fingerprint density at radius 1 is 1.40 bits per heavy atom. The molecule has 4 nitrogen and oxygen atoms in total. The van der Waals surface area contributed by atoms with Crippen molar-refractivity contribution in [3.8, 4) is 0 Å². The second-order valence-corrected chi connectivity index (χ2v) is 5.91. The lowest BCUT2D eigenvalue weighted by Crippen LogP contribution is -2.37. The minimum Gasteiger partial charge on any atom is -0.346 e. The number of likely N-dealkylation sites (tertiary alicyclic amines) is 1. The number of pyridine rings is 1. The van der Waals surface area contributed by atoms with Crippen LogP contribution >= 0.6 is 0 Å². The molecule has 2 aromatic heterocycles. The summed E-state index contributed by atoms with van der Waals surface area (Å²) in [6.07, 6.45) is 6.60. The molecule has 3 heterocycles. The molecule has 2 aromatic rings. The zero-order valence-corrected chi connectivity index (χ0v) is 12.2. The van der Waals surface area contributed by atoms with Crippen molar-refractivity contribution in [3.05, 3.63) is 30.1 Å². The number of fused-ring (bicyclic) bond motifs is 1. The molecule has 3 rings (SSSR count). The van der Waals surface area contributed by atoms with Crippen molar-refractivity contribution < 1.29 is 0 Å². The van der Waals surface area contributed by atoms with Gasteiger partial charge in [0, 0.05) is 37.4 Å². The lowest BCUT2D eigenvalue weighted by Gasteiger charge is -2.30. The van der Waals surface area contributed by atoms with Crippen molar-refractivity contribution in [1.29, 1.82) is 0 Å². The largest absolute Gasteiger partial charge is 0.346 e. The fraction of sp³-hybridized carbons (Fsp3) is 0.562. The molecule has 20 heavy (non-hydrogen) atoms. The van der Waals surface area contributed by atoms with E-state index in [9.17, 15) is 0 Å². The van der Waals surface area contributed by atoms with Crippen LogP contribution in [-0.2, 0) is 6.54 Å². The van der Waals surface area contributed by atoms with Crippen LogP contribution in [0.25, 0.3) is 11.0 Å². The molecule has 1 fully saturated rings. The molecule has 1 aliphatic rings. The first kappa shape index (κ1) is 13.6. The van der Waals surface area contributed by atoms with Crippen molar-refractivity contribution in [1.82, 2.24) is 20.2 Å². The Hall–Kier alpha value is -1.39. The number of nitrogens with zero attached hydrogens (tertiary/aromatic N) is 2. The van der Waals surface area contributed by atoms with Gasteiger partial charge in [0.15, 0.2) is 0 Å². The molecule has 1 aliphatic heterocycles. The molecular weight excluding hydrogens is 248 g/mol. The van der Waals surface area contributed by atoms with Gasteiger partial charge in [0.25, 0.3) is 0 Å². The lowest BCUT2D eigenvalue weighted by atomic mass is 9.99. The molecule has 0 radical (unpaired) electrons. The van der Waals surface area contributed by atoms with Gasteiger partial charge >= 0.3 is 0 Å². The standard InChI is InChI=1S/C16H24N4/c1-13-4-8-20(9-5-13)10-7-17-11-14-12-19-16-15(14)3-2-6-18-16/h2-3,6,12-13,17H,4-5,7-11H2,1H3,(H,18,19). The van der Waals surface area contributed by atoms with Crippen LogP contribution in [-0.4, -0.2) is 41.0 Å². The molecule has 0 bridgehead atoms. The third-order valence-corrected chi connectivity index (χ3v) is 4.33. The van der Waals surface area contributed by atoms with Crippen LogP contribution in [0.2, 0.25) is 0 Å². The van der Waals surface area contributed by atoms with Gasteiger partial charge in [0.2, 0.25) is 0 Å². The second-order valence-electron chi connectivity index (χ2n) is 5.91. The summed E-state index contributed by atoms with van der Waals surface area (Å²) in [5.74, 6) is 0.915. The van der Waals surface area contributed by atoms with Crippen molar-refractivity contribution >= 4 is 11.0 Å². The van der Waals surface area contributed by atoms with Crippen LogP contribution in [0.15, 0.2) is 24.5 Å². The number of piperidine rings is 1. The summed E-state index contributed by atoms with van der Waals surface area (Å²) < 4.78 is 0. The summed E-state index contributed by atoms with van der Waals surface area (Å²) in [6, 6.07) is 4.12. The van der Waals surface area contributed by atoms with E-state index in [1.165, 1.54) is 36.9 Å². The Kier molecular flexibility index (Phi) is 4.33. The smallest absolute Gasteiger partial charge is 0.137 e. The van der Waals surface area contributed by atoms with Crippen molar-refractivity contribution in [2.75, 3.05) is 26.2 Å². The highest BCUT2D eigenvalue weighted by Gasteiger charge is 2.14. The second kappa shape index (κ2) is 6.37. The Morgan fingerprint density at radius 3 is 3.10 bits per heavy atom. The fourth-order valence-corrected chi connectivity index (χ4v) is 2.90. The van der Waals surface area contributed by atoms with Crippen LogP contribution in [0.3, 0.4) is 0 Å². The normalized spacial score (nSPS) is 17.9. The number of hydrogen-bond acceptors (Lipinski definition) is 3. The first-order chi connectivity index (χ1) is 9.83. The zero-order chi connectivity index (χ0) is 13.8. The number of nitrogens with one attached hydrogen (secondary N) is 2. The third-order valence-electron chi connectivity index (χ3n) is 4.33. The van der Waals surface area contributed by atoms with Gasteiger partial charge in [-0.05, 0) is 49.5 Å². The van der Waals surface area contributed by atoms with Gasteiger partial charge < -0.3 is 15.2 Å². The van der Waals surface area contributed by atoms with Crippen molar-refractivity contribution in [2.45, 2.75) is 26.3 Å². The summed E-state index contributed by atoms with van der Waals surface area (Å²) in [5, 5.41) is 4.78. The maximum Gasteiger partial charge on any atom is 0.137 e. The van der Waals surface area contributed by atoms with Gasteiger partial charge in [-0.25, -0.2) is 4.98 Å². The van der Waals surface area contributed by atoms with Gasteiger partial charge in [-0.2, -0.15) is 0 Å². The average molecular weight is 272 g/mol. The molecule has 0 amide bonds. The topological polar surface area (TPSA) is 44.0 Å². The molecule has 0 aliphatic carbocycles. The Balaban J connectivity index is 1.44. The predicted octanol–water partition coefficient (Wildman–Crippen LogP) is 2.38. The van der Waals surface area contributed by atoms with Crippen LogP contribution in [0.5, 0.6) is 0 Å². The number of H-pyrrole nitrogens is 1. The summed E-state index contributed by atoms with van der Waals surface area (Å²) in [4.78, 5) is 10.1. The van der Waals surface area contributed by atoms with E-state index in [1.807, 2.05) is 12.3 Å².